The minimum absolute atomic E-state index is 0.247. The van der Waals surface area contributed by atoms with Gasteiger partial charge in [0.25, 0.3) is 5.91 Å². The third kappa shape index (κ3) is 4.58. The molecule has 0 unspecified atom stereocenters. The zero-order valence-corrected chi connectivity index (χ0v) is 17.0. The molecule has 1 aromatic heterocycles. The number of amides is 1. The number of methoxy groups -OCH3 is 1. The third-order valence-electron chi connectivity index (χ3n) is 4.06. The highest BCUT2D eigenvalue weighted by Gasteiger charge is 2.17. The topological polar surface area (TPSA) is 65.4 Å². The summed E-state index contributed by atoms with van der Waals surface area (Å²) in [6, 6.07) is 11.5. The first-order valence-electron chi connectivity index (χ1n) is 8.53. The number of carbonyl (C=O) groups excluding carboxylic acids is 1. The number of carbonyl (C=O) groups is 1. The first-order chi connectivity index (χ1) is 13.5. The first kappa shape index (κ1) is 20.0. The third-order valence-corrected chi connectivity index (χ3v) is 4.59. The zero-order chi connectivity index (χ0) is 20.1. The maximum atomic E-state index is 13.7. The van der Waals surface area contributed by atoms with Crippen LogP contribution in [0, 0.1) is 12.7 Å². The Balaban J connectivity index is 1.82. The predicted octanol–water partition coefficient (Wildman–Crippen LogP) is 4.36. The van der Waals surface area contributed by atoms with Gasteiger partial charge in [0, 0.05) is 17.6 Å². The van der Waals surface area contributed by atoms with Gasteiger partial charge in [-0.05, 0) is 43.3 Å². The van der Waals surface area contributed by atoms with Crippen LogP contribution in [-0.4, -0.2) is 36.0 Å². The maximum absolute atomic E-state index is 13.7. The van der Waals surface area contributed by atoms with E-state index in [1.54, 1.807) is 18.7 Å². The summed E-state index contributed by atoms with van der Waals surface area (Å²) in [6.07, 6.45) is 1.48. The molecule has 1 amide bonds. The highest BCUT2D eigenvalue weighted by molar-refractivity contribution is 9.10. The van der Waals surface area contributed by atoms with Crippen molar-refractivity contribution in [2.75, 3.05) is 25.6 Å². The number of rotatable bonds is 7. The van der Waals surface area contributed by atoms with Crippen LogP contribution in [0.5, 0.6) is 5.75 Å². The summed E-state index contributed by atoms with van der Waals surface area (Å²) in [4.78, 5) is 12.8. The molecule has 3 aromatic rings. The van der Waals surface area contributed by atoms with Gasteiger partial charge in [0.1, 0.15) is 18.2 Å². The molecule has 28 heavy (non-hydrogen) atoms. The summed E-state index contributed by atoms with van der Waals surface area (Å²) in [5.74, 6) is -0.510. The number of hydrogen-bond acceptors (Lipinski definition) is 4. The summed E-state index contributed by atoms with van der Waals surface area (Å²) in [7, 11) is 1.56. The molecule has 6 nitrogen and oxygen atoms in total. The molecule has 0 fully saturated rings. The molecule has 146 valence electrons. The van der Waals surface area contributed by atoms with Crippen molar-refractivity contribution >= 4 is 27.5 Å². The van der Waals surface area contributed by atoms with Crippen LogP contribution in [-0.2, 0) is 4.74 Å². The van der Waals surface area contributed by atoms with Crippen LogP contribution < -0.4 is 10.1 Å². The molecule has 1 heterocycles. The number of ether oxygens (including phenoxy) is 2. The van der Waals surface area contributed by atoms with Crippen molar-refractivity contribution in [2.24, 2.45) is 0 Å². The Bertz CT molecular complexity index is 973. The van der Waals surface area contributed by atoms with Crippen molar-refractivity contribution in [1.82, 2.24) is 9.78 Å². The Morgan fingerprint density at radius 3 is 2.68 bits per heavy atom. The summed E-state index contributed by atoms with van der Waals surface area (Å²) in [6.45, 7) is 2.46. The van der Waals surface area contributed by atoms with Gasteiger partial charge in [-0.25, -0.2) is 9.07 Å². The van der Waals surface area contributed by atoms with Gasteiger partial charge in [-0.1, -0.05) is 15.9 Å². The number of anilines is 1. The van der Waals surface area contributed by atoms with E-state index in [0.717, 1.165) is 10.2 Å². The summed E-state index contributed by atoms with van der Waals surface area (Å²) < 4.78 is 26.8. The van der Waals surface area contributed by atoms with E-state index >= 15 is 0 Å². The van der Waals surface area contributed by atoms with Crippen molar-refractivity contribution in [3.8, 4) is 11.4 Å². The molecule has 0 spiro atoms. The van der Waals surface area contributed by atoms with Crippen LogP contribution in [0.3, 0.4) is 0 Å². The van der Waals surface area contributed by atoms with Crippen molar-refractivity contribution in [1.29, 1.82) is 0 Å². The Hall–Kier alpha value is -2.71. The average Bonchev–Trinajstić information content (AvgIpc) is 3.06. The molecular weight excluding hydrogens is 429 g/mol. The number of nitrogens with one attached hydrogen (secondary N) is 1. The van der Waals surface area contributed by atoms with E-state index in [2.05, 4.69) is 26.3 Å². The normalized spacial score (nSPS) is 10.7. The number of benzene rings is 2. The fraction of sp³-hybridized carbons (Fsp3) is 0.200. The minimum Gasteiger partial charge on any atom is -0.489 e. The predicted molar refractivity (Wildman–Crippen MR) is 108 cm³/mol. The van der Waals surface area contributed by atoms with Crippen LogP contribution >= 0.6 is 15.9 Å². The molecule has 1 N–H and O–H groups in total. The second-order valence-corrected chi connectivity index (χ2v) is 6.88. The minimum atomic E-state index is -0.475. The molecular formula is C20H19BrFN3O3. The van der Waals surface area contributed by atoms with Crippen molar-refractivity contribution in [3.05, 3.63) is 70.2 Å². The maximum Gasteiger partial charge on any atom is 0.259 e. The molecule has 2 aromatic carbocycles. The fourth-order valence-electron chi connectivity index (χ4n) is 2.63. The van der Waals surface area contributed by atoms with Crippen LogP contribution in [0.1, 0.15) is 16.1 Å². The molecule has 0 atom stereocenters. The van der Waals surface area contributed by atoms with Gasteiger partial charge in [-0.3, -0.25) is 4.79 Å². The zero-order valence-electron chi connectivity index (χ0n) is 15.4. The van der Waals surface area contributed by atoms with E-state index in [1.807, 2.05) is 24.3 Å². The smallest absolute Gasteiger partial charge is 0.259 e. The van der Waals surface area contributed by atoms with Gasteiger partial charge < -0.3 is 14.8 Å². The summed E-state index contributed by atoms with van der Waals surface area (Å²) >= 11 is 3.39. The summed E-state index contributed by atoms with van der Waals surface area (Å²) in [5, 5.41) is 7.00. The molecule has 0 aliphatic heterocycles. The Morgan fingerprint density at radius 2 is 1.96 bits per heavy atom. The molecule has 0 bridgehead atoms. The molecule has 0 aliphatic rings. The highest BCUT2D eigenvalue weighted by atomic mass is 79.9. The average molecular weight is 448 g/mol. The summed E-state index contributed by atoms with van der Waals surface area (Å²) in [5.41, 5.74) is 2.12. The second-order valence-electron chi connectivity index (χ2n) is 5.97. The van der Waals surface area contributed by atoms with Crippen molar-refractivity contribution in [3.63, 3.8) is 0 Å². The van der Waals surface area contributed by atoms with Gasteiger partial charge in [0.2, 0.25) is 0 Å². The lowest BCUT2D eigenvalue weighted by atomic mass is 10.2. The molecule has 0 radical (unpaired) electrons. The SMILES string of the molecule is COCCOc1ccc(F)cc1NC(=O)c1cnn(-c2ccc(Br)cc2)c1C. The molecule has 0 saturated heterocycles. The molecule has 0 saturated carbocycles. The quantitative estimate of drug-likeness (QED) is 0.546. The van der Waals surface area contributed by atoms with Crippen LogP contribution in [0.15, 0.2) is 53.1 Å². The lowest BCUT2D eigenvalue weighted by molar-refractivity contribution is 0.102. The van der Waals surface area contributed by atoms with Crippen molar-refractivity contribution < 1.29 is 18.7 Å². The van der Waals surface area contributed by atoms with E-state index in [4.69, 9.17) is 9.47 Å². The number of halogens is 2. The molecule has 8 heteroatoms. The van der Waals surface area contributed by atoms with E-state index in [1.165, 1.54) is 24.4 Å². The van der Waals surface area contributed by atoms with Crippen LogP contribution in [0.4, 0.5) is 10.1 Å². The fourth-order valence-corrected chi connectivity index (χ4v) is 2.89. The second kappa shape index (κ2) is 8.99. The Morgan fingerprint density at radius 1 is 1.21 bits per heavy atom. The lowest BCUT2D eigenvalue weighted by Gasteiger charge is -2.12. The highest BCUT2D eigenvalue weighted by Crippen LogP contribution is 2.26. The largest absolute Gasteiger partial charge is 0.489 e. The van der Waals surface area contributed by atoms with E-state index in [9.17, 15) is 9.18 Å². The lowest BCUT2D eigenvalue weighted by Crippen LogP contribution is -2.15. The van der Waals surface area contributed by atoms with E-state index in [-0.39, 0.29) is 12.3 Å². The van der Waals surface area contributed by atoms with Gasteiger partial charge in [-0.15, -0.1) is 0 Å². The van der Waals surface area contributed by atoms with Crippen LogP contribution in [0.2, 0.25) is 0 Å². The monoisotopic (exact) mass is 447 g/mol. The molecule has 0 aliphatic carbocycles. The number of nitrogens with zero attached hydrogens (tertiary/aromatic N) is 2. The van der Waals surface area contributed by atoms with E-state index < -0.39 is 11.7 Å². The molecule has 3 rings (SSSR count). The number of hydrogen-bond donors (Lipinski definition) is 1. The standard InChI is InChI=1S/C20H19BrFN3O3/c1-13-17(12-23-25(13)16-6-3-14(21)4-7-16)20(26)24-18-11-15(22)5-8-19(18)28-10-9-27-2/h3-8,11-12H,9-10H2,1-2H3,(H,24,26). The van der Waals surface area contributed by atoms with Crippen LogP contribution in [0.25, 0.3) is 5.69 Å². The van der Waals surface area contributed by atoms with E-state index in [0.29, 0.717) is 23.6 Å². The van der Waals surface area contributed by atoms with Gasteiger partial charge in [0.05, 0.1) is 35.4 Å². The van der Waals surface area contributed by atoms with Crippen molar-refractivity contribution in [2.45, 2.75) is 6.92 Å². The Kier molecular flexibility index (Phi) is 6.43. The first-order valence-corrected chi connectivity index (χ1v) is 9.32. The Labute approximate surface area is 170 Å². The van der Waals surface area contributed by atoms with Gasteiger partial charge in [-0.2, -0.15) is 5.10 Å². The van der Waals surface area contributed by atoms with Gasteiger partial charge in [0.15, 0.2) is 0 Å². The van der Waals surface area contributed by atoms with Gasteiger partial charge >= 0.3 is 0 Å². The number of aromatic nitrogens is 2.